The lowest BCUT2D eigenvalue weighted by Crippen LogP contribution is -2.48. The molecule has 0 amide bonds. The molecule has 12 heteroatoms. The zero-order valence-electron chi connectivity index (χ0n) is 19.1. The molecule has 0 fully saturated rings. The number of rotatable bonds is 6. The Kier molecular flexibility index (Phi) is 5.57. The van der Waals surface area contributed by atoms with Gasteiger partial charge in [-0.15, -0.1) is 0 Å². The summed E-state index contributed by atoms with van der Waals surface area (Å²) >= 11 is 0. The molecular weight excluding hydrogens is 506 g/mol. The van der Waals surface area contributed by atoms with Crippen molar-refractivity contribution >= 4 is 11.1 Å². The van der Waals surface area contributed by atoms with Crippen molar-refractivity contribution in [1.29, 1.82) is 0 Å². The van der Waals surface area contributed by atoms with Gasteiger partial charge in [-0.25, -0.2) is 0 Å². The number of aromatic nitrogens is 2. The molecular formula is C25H16F6N2O4. The van der Waals surface area contributed by atoms with Crippen molar-refractivity contribution in [1.82, 2.24) is 9.97 Å². The largest absolute Gasteiger partial charge is 0.478 e. The standard InChI is InChI=1S/C25H16F6N2O4/c1-34-21-17(36-19(32-21)13-9-5-3-6-10-13)15-16(24(28,29)25(30,31)23(15,26)27)18-22(35-2)33-20(37-18)14-11-7-4-8-12-14/h3-12H,1-2H3. The summed E-state index contributed by atoms with van der Waals surface area (Å²) in [6, 6.07) is 15.6. The maximum atomic E-state index is 15.3. The molecule has 0 bridgehead atoms. The molecule has 192 valence electrons. The molecule has 0 aliphatic heterocycles. The normalized spacial score (nSPS) is 17.7. The molecule has 0 saturated carbocycles. The van der Waals surface area contributed by atoms with E-state index in [0.717, 1.165) is 14.2 Å². The minimum absolute atomic E-state index is 0.262. The average Bonchev–Trinajstić information content (AvgIpc) is 3.54. The van der Waals surface area contributed by atoms with Crippen molar-refractivity contribution in [3.05, 3.63) is 72.2 Å². The van der Waals surface area contributed by atoms with Gasteiger partial charge < -0.3 is 18.3 Å². The van der Waals surface area contributed by atoms with Crippen LogP contribution in [0.3, 0.4) is 0 Å². The highest BCUT2D eigenvalue weighted by molar-refractivity contribution is 6.00. The number of alkyl halides is 6. The maximum absolute atomic E-state index is 15.3. The van der Waals surface area contributed by atoms with E-state index in [1.807, 2.05) is 0 Å². The van der Waals surface area contributed by atoms with E-state index in [0.29, 0.717) is 0 Å². The lowest BCUT2D eigenvalue weighted by Gasteiger charge is -2.25. The molecule has 37 heavy (non-hydrogen) atoms. The number of halogens is 6. The van der Waals surface area contributed by atoms with Gasteiger partial charge in [0.05, 0.1) is 25.4 Å². The fraction of sp³-hybridized carbons (Fsp3) is 0.200. The summed E-state index contributed by atoms with van der Waals surface area (Å²) < 4.78 is 111. The molecule has 0 N–H and O–H groups in total. The summed E-state index contributed by atoms with van der Waals surface area (Å²) in [6.45, 7) is 0. The van der Waals surface area contributed by atoms with Gasteiger partial charge in [0.2, 0.25) is 23.3 Å². The minimum atomic E-state index is -5.87. The van der Waals surface area contributed by atoms with Crippen molar-refractivity contribution in [2.75, 3.05) is 14.2 Å². The van der Waals surface area contributed by atoms with Crippen LogP contribution in [0.5, 0.6) is 11.8 Å². The van der Waals surface area contributed by atoms with Gasteiger partial charge in [0.1, 0.15) is 0 Å². The number of ether oxygens (including phenoxy) is 2. The maximum Gasteiger partial charge on any atom is 0.380 e. The van der Waals surface area contributed by atoms with E-state index in [4.69, 9.17) is 18.3 Å². The fourth-order valence-corrected chi connectivity index (χ4v) is 3.95. The molecule has 2 heterocycles. The fourth-order valence-electron chi connectivity index (χ4n) is 3.95. The number of hydrogen-bond acceptors (Lipinski definition) is 6. The molecule has 1 aliphatic rings. The van der Waals surface area contributed by atoms with Crippen LogP contribution in [0.2, 0.25) is 0 Å². The van der Waals surface area contributed by atoms with Crippen LogP contribution in [0.15, 0.2) is 69.5 Å². The summed E-state index contributed by atoms with van der Waals surface area (Å²) in [4.78, 5) is 7.81. The minimum Gasteiger partial charge on any atom is -0.478 e. The van der Waals surface area contributed by atoms with E-state index >= 15 is 17.6 Å². The van der Waals surface area contributed by atoms with Crippen LogP contribution in [0.1, 0.15) is 11.5 Å². The Morgan fingerprint density at radius 2 is 0.946 bits per heavy atom. The molecule has 5 rings (SSSR count). The number of allylic oxidation sites excluding steroid dienone is 2. The Morgan fingerprint density at radius 3 is 1.27 bits per heavy atom. The number of methoxy groups -OCH3 is 2. The second-order valence-electron chi connectivity index (χ2n) is 7.92. The van der Waals surface area contributed by atoms with Crippen molar-refractivity contribution < 1.29 is 44.7 Å². The van der Waals surface area contributed by atoms with Crippen molar-refractivity contribution in [2.45, 2.75) is 17.8 Å². The third-order valence-corrected chi connectivity index (χ3v) is 5.74. The predicted molar refractivity (Wildman–Crippen MR) is 119 cm³/mol. The molecule has 2 aromatic carbocycles. The first-order valence-electron chi connectivity index (χ1n) is 10.6. The van der Waals surface area contributed by atoms with Crippen molar-refractivity contribution in [3.8, 4) is 34.7 Å². The summed E-state index contributed by atoms with van der Waals surface area (Å²) in [5.41, 5.74) is -3.19. The Morgan fingerprint density at radius 1 is 0.595 bits per heavy atom. The molecule has 0 saturated heterocycles. The highest BCUT2D eigenvalue weighted by Crippen LogP contribution is 2.66. The molecule has 0 atom stereocenters. The third-order valence-electron chi connectivity index (χ3n) is 5.74. The van der Waals surface area contributed by atoms with Crippen LogP contribution in [0.4, 0.5) is 26.3 Å². The van der Waals surface area contributed by atoms with Crippen LogP contribution >= 0.6 is 0 Å². The van der Waals surface area contributed by atoms with E-state index in [9.17, 15) is 8.78 Å². The SMILES string of the molecule is COc1nc(-c2ccccc2)oc1C1=C(c2oc(-c3ccccc3)nc2OC)C(F)(F)C(F)(F)C1(F)F. The monoisotopic (exact) mass is 522 g/mol. The van der Waals surface area contributed by atoms with Gasteiger partial charge in [-0.3, -0.25) is 0 Å². The predicted octanol–water partition coefficient (Wildman–Crippen LogP) is 6.84. The first-order valence-corrected chi connectivity index (χ1v) is 10.6. The summed E-state index contributed by atoms with van der Waals surface area (Å²) in [5.74, 6) is -21.0. The van der Waals surface area contributed by atoms with E-state index in [1.54, 1.807) is 36.4 Å². The Labute approximate surface area is 205 Å². The van der Waals surface area contributed by atoms with Crippen LogP contribution in [-0.2, 0) is 0 Å². The quantitative estimate of drug-likeness (QED) is 0.258. The van der Waals surface area contributed by atoms with E-state index in [1.165, 1.54) is 24.3 Å². The molecule has 6 nitrogen and oxygen atoms in total. The molecule has 1 aliphatic carbocycles. The van der Waals surface area contributed by atoms with E-state index < -0.39 is 52.2 Å². The summed E-state index contributed by atoms with van der Waals surface area (Å²) in [6.07, 6.45) is 0. The second kappa shape index (κ2) is 8.43. The smallest absolute Gasteiger partial charge is 0.380 e. The number of oxazole rings is 2. The number of nitrogens with zero attached hydrogens (tertiary/aromatic N) is 2. The Bertz CT molecular complexity index is 1370. The van der Waals surface area contributed by atoms with Gasteiger partial charge in [-0.1, -0.05) is 36.4 Å². The number of hydrogen-bond donors (Lipinski definition) is 0. The second-order valence-corrected chi connectivity index (χ2v) is 7.92. The topological polar surface area (TPSA) is 70.5 Å². The van der Waals surface area contributed by atoms with Crippen LogP contribution in [-0.4, -0.2) is 42.0 Å². The van der Waals surface area contributed by atoms with Gasteiger partial charge in [-0.05, 0) is 24.3 Å². The average molecular weight is 522 g/mol. The van der Waals surface area contributed by atoms with Gasteiger partial charge >= 0.3 is 17.8 Å². The van der Waals surface area contributed by atoms with Crippen LogP contribution < -0.4 is 9.47 Å². The lowest BCUT2D eigenvalue weighted by molar-refractivity contribution is -0.254. The lowest BCUT2D eigenvalue weighted by atomic mass is 10.0. The van der Waals surface area contributed by atoms with E-state index in [2.05, 4.69) is 9.97 Å². The Balaban J connectivity index is 1.82. The van der Waals surface area contributed by atoms with Crippen LogP contribution in [0, 0.1) is 0 Å². The highest BCUT2D eigenvalue weighted by Gasteiger charge is 2.82. The van der Waals surface area contributed by atoms with Gasteiger partial charge in [-0.2, -0.15) is 36.3 Å². The molecule has 0 unspecified atom stereocenters. The zero-order chi connectivity index (χ0) is 26.6. The van der Waals surface area contributed by atoms with E-state index in [-0.39, 0.29) is 22.9 Å². The molecule has 4 aromatic rings. The van der Waals surface area contributed by atoms with Gasteiger partial charge in [0, 0.05) is 11.1 Å². The third kappa shape index (κ3) is 3.50. The Hall–Kier alpha value is -4.22. The molecule has 0 spiro atoms. The summed E-state index contributed by atoms with van der Waals surface area (Å²) in [7, 11) is 2.00. The van der Waals surface area contributed by atoms with Gasteiger partial charge in [0.25, 0.3) is 11.8 Å². The highest BCUT2D eigenvalue weighted by atomic mass is 19.3. The summed E-state index contributed by atoms with van der Waals surface area (Å²) in [5, 5.41) is 0. The first-order chi connectivity index (χ1) is 17.5. The zero-order valence-corrected chi connectivity index (χ0v) is 19.1. The van der Waals surface area contributed by atoms with Crippen molar-refractivity contribution in [2.24, 2.45) is 0 Å². The van der Waals surface area contributed by atoms with Crippen LogP contribution in [0.25, 0.3) is 34.1 Å². The number of benzene rings is 2. The first kappa shape index (κ1) is 24.5. The van der Waals surface area contributed by atoms with Gasteiger partial charge in [0.15, 0.2) is 0 Å². The molecule has 2 aromatic heterocycles. The molecule has 0 radical (unpaired) electrons. The van der Waals surface area contributed by atoms with Crippen molar-refractivity contribution in [3.63, 3.8) is 0 Å².